The molecule has 4 nitrogen and oxygen atoms in total. The molecule has 1 aliphatic heterocycles. The van der Waals surface area contributed by atoms with Gasteiger partial charge in [-0.1, -0.05) is 0 Å². The fourth-order valence-electron chi connectivity index (χ4n) is 1.66. The zero-order valence-electron chi connectivity index (χ0n) is 7.71. The molecule has 0 radical (unpaired) electrons. The van der Waals surface area contributed by atoms with Gasteiger partial charge in [-0.05, 0) is 25.9 Å². The Morgan fingerprint density at radius 2 is 2.31 bits per heavy atom. The first-order valence-corrected chi connectivity index (χ1v) is 4.86. The van der Waals surface area contributed by atoms with Gasteiger partial charge in [0, 0.05) is 24.5 Å². The van der Waals surface area contributed by atoms with Crippen LogP contribution in [0.15, 0.2) is 12.5 Å². The van der Waals surface area contributed by atoms with Crippen molar-refractivity contribution in [1.29, 1.82) is 0 Å². The van der Waals surface area contributed by atoms with Crippen molar-refractivity contribution in [1.82, 2.24) is 20.6 Å². The van der Waals surface area contributed by atoms with Crippen molar-refractivity contribution in [2.75, 3.05) is 13.1 Å². The molecule has 2 rings (SSSR count). The van der Waals surface area contributed by atoms with Gasteiger partial charge in [0.15, 0.2) is 0 Å². The van der Waals surface area contributed by atoms with E-state index >= 15 is 0 Å². The molecule has 1 fully saturated rings. The molecule has 1 saturated heterocycles. The molecule has 0 saturated carbocycles. The van der Waals surface area contributed by atoms with Gasteiger partial charge in [-0.25, -0.2) is 4.98 Å². The minimum absolute atomic E-state index is 0.671. The summed E-state index contributed by atoms with van der Waals surface area (Å²) in [6.07, 6.45) is 6.05. The van der Waals surface area contributed by atoms with Crippen molar-refractivity contribution in [3.05, 3.63) is 18.2 Å². The van der Waals surface area contributed by atoms with Crippen LogP contribution in [0, 0.1) is 0 Å². The first kappa shape index (κ1) is 8.72. The second-order valence-corrected chi connectivity index (χ2v) is 3.48. The molecule has 1 aromatic rings. The van der Waals surface area contributed by atoms with E-state index in [4.69, 9.17) is 0 Å². The van der Waals surface area contributed by atoms with E-state index < -0.39 is 0 Å². The number of nitrogens with one attached hydrogen (secondary N) is 3. The van der Waals surface area contributed by atoms with Crippen LogP contribution in [-0.2, 0) is 6.54 Å². The summed E-state index contributed by atoms with van der Waals surface area (Å²) >= 11 is 0. The summed E-state index contributed by atoms with van der Waals surface area (Å²) in [6.45, 7) is 3.19. The van der Waals surface area contributed by atoms with Crippen LogP contribution in [0.3, 0.4) is 0 Å². The van der Waals surface area contributed by atoms with Crippen molar-refractivity contribution in [3.8, 4) is 0 Å². The van der Waals surface area contributed by atoms with Crippen LogP contribution in [0.4, 0.5) is 0 Å². The molecule has 0 bridgehead atoms. The fraction of sp³-hybridized carbons (Fsp3) is 0.667. The maximum absolute atomic E-state index is 3.98. The quantitative estimate of drug-likeness (QED) is 0.625. The van der Waals surface area contributed by atoms with Crippen molar-refractivity contribution < 1.29 is 0 Å². The van der Waals surface area contributed by atoms with E-state index in [1.54, 1.807) is 6.33 Å². The molecule has 0 atom stereocenters. The van der Waals surface area contributed by atoms with Crippen molar-refractivity contribution >= 4 is 0 Å². The highest BCUT2D eigenvalue weighted by Gasteiger charge is 2.11. The third kappa shape index (κ3) is 2.54. The lowest BCUT2D eigenvalue weighted by atomic mass is 10.1. The number of aromatic nitrogens is 2. The first-order valence-electron chi connectivity index (χ1n) is 4.86. The number of hydrogen-bond donors (Lipinski definition) is 3. The highest BCUT2D eigenvalue weighted by atomic mass is 15.0. The topological polar surface area (TPSA) is 52.7 Å². The van der Waals surface area contributed by atoms with Gasteiger partial charge in [0.1, 0.15) is 0 Å². The number of imidazole rings is 1. The molecule has 0 spiro atoms. The SMILES string of the molecule is c1ncc(CNC2CCNCC2)[nH]1. The smallest absolute Gasteiger partial charge is 0.0922 e. The van der Waals surface area contributed by atoms with Crippen LogP contribution in [-0.4, -0.2) is 29.1 Å². The van der Waals surface area contributed by atoms with Crippen molar-refractivity contribution in [3.63, 3.8) is 0 Å². The number of aromatic amines is 1. The Hall–Kier alpha value is -0.870. The molecular formula is C9H16N4. The summed E-state index contributed by atoms with van der Waals surface area (Å²) < 4.78 is 0. The maximum Gasteiger partial charge on any atom is 0.0922 e. The van der Waals surface area contributed by atoms with Gasteiger partial charge in [-0.2, -0.15) is 0 Å². The van der Waals surface area contributed by atoms with Crippen LogP contribution in [0.25, 0.3) is 0 Å². The Labute approximate surface area is 78.1 Å². The van der Waals surface area contributed by atoms with Gasteiger partial charge >= 0.3 is 0 Å². The predicted octanol–water partition coefficient (Wildman–Crippen LogP) is 0.251. The first-order chi connectivity index (χ1) is 6.45. The highest BCUT2D eigenvalue weighted by Crippen LogP contribution is 2.02. The largest absolute Gasteiger partial charge is 0.347 e. The number of rotatable bonds is 3. The lowest BCUT2D eigenvalue weighted by Gasteiger charge is -2.23. The standard InChI is InChI=1S/C9H16N4/c1-3-10-4-2-8(1)12-6-9-5-11-7-13-9/h5,7-8,10,12H,1-4,6H2,(H,11,13). The predicted molar refractivity (Wildman–Crippen MR) is 51.3 cm³/mol. The van der Waals surface area contributed by atoms with E-state index in [0.29, 0.717) is 6.04 Å². The van der Waals surface area contributed by atoms with Crippen molar-refractivity contribution in [2.24, 2.45) is 0 Å². The van der Waals surface area contributed by atoms with Crippen LogP contribution in [0.1, 0.15) is 18.5 Å². The number of hydrogen-bond acceptors (Lipinski definition) is 3. The van der Waals surface area contributed by atoms with Crippen molar-refractivity contribution in [2.45, 2.75) is 25.4 Å². The minimum atomic E-state index is 0.671. The lowest BCUT2D eigenvalue weighted by molar-refractivity contribution is 0.385. The molecule has 3 N–H and O–H groups in total. The van der Waals surface area contributed by atoms with Gasteiger partial charge in [0.25, 0.3) is 0 Å². The Morgan fingerprint density at radius 3 is 3.00 bits per heavy atom. The second-order valence-electron chi connectivity index (χ2n) is 3.48. The highest BCUT2D eigenvalue weighted by molar-refractivity contribution is 4.94. The second kappa shape index (κ2) is 4.39. The van der Waals surface area contributed by atoms with Gasteiger partial charge in [0.2, 0.25) is 0 Å². The Morgan fingerprint density at radius 1 is 1.46 bits per heavy atom. The molecule has 0 unspecified atom stereocenters. The zero-order valence-corrected chi connectivity index (χ0v) is 7.71. The van der Waals surface area contributed by atoms with E-state index in [9.17, 15) is 0 Å². The van der Waals surface area contributed by atoms with E-state index in [1.807, 2.05) is 6.20 Å². The normalized spacial score (nSPS) is 19.1. The molecule has 0 aromatic carbocycles. The number of piperidine rings is 1. The number of nitrogens with zero attached hydrogens (tertiary/aromatic N) is 1. The lowest BCUT2D eigenvalue weighted by Crippen LogP contribution is -2.39. The molecule has 1 aliphatic rings. The zero-order chi connectivity index (χ0) is 8.93. The minimum Gasteiger partial charge on any atom is -0.347 e. The average Bonchev–Trinajstić information content (AvgIpc) is 2.69. The fourth-order valence-corrected chi connectivity index (χ4v) is 1.66. The molecule has 2 heterocycles. The van der Waals surface area contributed by atoms with Gasteiger partial charge in [-0.3, -0.25) is 0 Å². The summed E-state index contributed by atoms with van der Waals surface area (Å²) in [5.74, 6) is 0. The van der Waals surface area contributed by atoms with Gasteiger partial charge in [0.05, 0.1) is 6.33 Å². The van der Waals surface area contributed by atoms with E-state index in [1.165, 1.54) is 18.5 Å². The molecule has 1 aromatic heterocycles. The Kier molecular flexibility index (Phi) is 2.94. The van der Waals surface area contributed by atoms with Gasteiger partial charge < -0.3 is 15.6 Å². The molecule has 72 valence electrons. The Balaban J connectivity index is 1.72. The van der Waals surface area contributed by atoms with E-state index in [-0.39, 0.29) is 0 Å². The monoisotopic (exact) mass is 180 g/mol. The molecule has 13 heavy (non-hydrogen) atoms. The summed E-state index contributed by atoms with van der Waals surface area (Å²) in [5.41, 5.74) is 1.17. The summed E-state index contributed by atoms with van der Waals surface area (Å²) in [5, 5.41) is 6.86. The number of H-pyrrole nitrogens is 1. The molecule has 4 heteroatoms. The van der Waals surface area contributed by atoms with Crippen LogP contribution < -0.4 is 10.6 Å². The van der Waals surface area contributed by atoms with Crippen LogP contribution >= 0.6 is 0 Å². The molecular weight excluding hydrogens is 164 g/mol. The maximum atomic E-state index is 3.98. The Bertz CT molecular complexity index is 226. The third-order valence-corrected chi connectivity index (χ3v) is 2.48. The molecule has 0 aliphatic carbocycles. The molecule has 0 amide bonds. The summed E-state index contributed by atoms with van der Waals surface area (Å²) in [4.78, 5) is 7.07. The van der Waals surface area contributed by atoms with E-state index in [2.05, 4.69) is 20.6 Å². The summed E-state index contributed by atoms with van der Waals surface area (Å²) in [6, 6.07) is 0.671. The third-order valence-electron chi connectivity index (χ3n) is 2.48. The van der Waals surface area contributed by atoms with Gasteiger partial charge in [-0.15, -0.1) is 0 Å². The summed E-state index contributed by atoms with van der Waals surface area (Å²) in [7, 11) is 0. The average molecular weight is 180 g/mol. The van der Waals surface area contributed by atoms with Crippen LogP contribution in [0.5, 0.6) is 0 Å². The van der Waals surface area contributed by atoms with E-state index in [0.717, 1.165) is 19.6 Å². The van der Waals surface area contributed by atoms with Crippen LogP contribution in [0.2, 0.25) is 0 Å².